The van der Waals surface area contributed by atoms with Crippen molar-refractivity contribution in [3.63, 3.8) is 0 Å². The third kappa shape index (κ3) is 4.28. The first-order chi connectivity index (χ1) is 7.67. The fourth-order valence-corrected chi connectivity index (χ4v) is 1.84. The summed E-state index contributed by atoms with van der Waals surface area (Å²) in [5.74, 6) is 1.46. The summed E-state index contributed by atoms with van der Waals surface area (Å²) < 4.78 is 6.14. The predicted molar refractivity (Wildman–Crippen MR) is 71.3 cm³/mol. The highest BCUT2D eigenvalue weighted by molar-refractivity contribution is 9.10. The summed E-state index contributed by atoms with van der Waals surface area (Å²) in [6.07, 6.45) is 2.65. The molecule has 0 aliphatic carbocycles. The van der Waals surface area contributed by atoms with E-state index in [9.17, 15) is 0 Å². The lowest BCUT2D eigenvalue weighted by Gasteiger charge is -2.17. The van der Waals surface area contributed by atoms with Crippen LogP contribution in [0.5, 0.6) is 0 Å². The molecule has 0 amide bonds. The highest BCUT2D eigenvalue weighted by atomic mass is 79.9. The van der Waals surface area contributed by atoms with Crippen molar-refractivity contribution < 1.29 is 4.74 Å². The molecule has 0 saturated carbocycles. The van der Waals surface area contributed by atoms with Gasteiger partial charge in [0.25, 0.3) is 0 Å². The second kappa shape index (κ2) is 7.09. The van der Waals surface area contributed by atoms with Crippen molar-refractivity contribution in [1.82, 2.24) is 4.98 Å². The van der Waals surface area contributed by atoms with Gasteiger partial charge in [0, 0.05) is 23.7 Å². The summed E-state index contributed by atoms with van der Waals surface area (Å²) in [7, 11) is 1.68. The van der Waals surface area contributed by atoms with E-state index in [0.717, 1.165) is 22.3 Å². The van der Waals surface area contributed by atoms with Crippen LogP contribution in [-0.2, 0) is 4.74 Å². The summed E-state index contributed by atoms with van der Waals surface area (Å²) in [5.41, 5.74) is 1.15. The van der Waals surface area contributed by atoms with Gasteiger partial charge in [-0.1, -0.05) is 0 Å². The van der Waals surface area contributed by atoms with Crippen LogP contribution in [0.15, 0.2) is 16.7 Å². The molecule has 1 unspecified atom stereocenters. The van der Waals surface area contributed by atoms with Crippen LogP contribution in [0.25, 0.3) is 0 Å². The Hall–Kier alpha value is -0.320. The number of aromatic nitrogens is 1. The Morgan fingerprint density at radius 3 is 2.94 bits per heavy atom. The summed E-state index contributed by atoms with van der Waals surface area (Å²) in [6, 6.07) is 2.21. The van der Waals surface area contributed by atoms with E-state index >= 15 is 0 Å². The van der Waals surface area contributed by atoms with E-state index in [1.807, 2.05) is 13.0 Å². The monoisotopic (exact) mass is 306 g/mol. The average Bonchev–Trinajstić information content (AvgIpc) is 2.24. The highest BCUT2D eigenvalue weighted by Gasteiger charge is 2.08. The van der Waals surface area contributed by atoms with Gasteiger partial charge in [-0.25, -0.2) is 4.98 Å². The maximum Gasteiger partial charge on any atom is 0.126 e. The van der Waals surface area contributed by atoms with Gasteiger partial charge in [-0.15, -0.1) is 11.6 Å². The van der Waals surface area contributed by atoms with E-state index in [2.05, 4.69) is 26.2 Å². The number of halogens is 2. The standard InChI is InChI=1S/C11H16BrClN2O/c1-8-5-11(14-6-10(8)12)15-9(3-4-13)7-16-2/h5-6,9H,3-4,7H2,1-2H3,(H,14,15). The van der Waals surface area contributed by atoms with E-state index in [4.69, 9.17) is 16.3 Å². The Morgan fingerprint density at radius 1 is 1.62 bits per heavy atom. The van der Waals surface area contributed by atoms with Gasteiger partial charge in [0.05, 0.1) is 12.6 Å². The molecule has 1 N–H and O–H groups in total. The Morgan fingerprint density at radius 2 is 2.38 bits per heavy atom. The summed E-state index contributed by atoms with van der Waals surface area (Å²) in [5, 5.41) is 3.31. The largest absolute Gasteiger partial charge is 0.383 e. The Balaban J connectivity index is 2.65. The molecule has 16 heavy (non-hydrogen) atoms. The molecular weight excluding hydrogens is 291 g/mol. The molecule has 0 aromatic carbocycles. The SMILES string of the molecule is COCC(CCCl)Nc1cc(C)c(Br)cn1. The van der Waals surface area contributed by atoms with Gasteiger partial charge in [-0.2, -0.15) is 0 Å². The Labute approximate surface area is 110 Å². The molecule has 0 bridgehead atoms. The smallest absolute Gasteiger partial charge is 0.126 e. The number of pyridine rings is 1. The zero-order chi connectivity index (χ0) is 12.0. The fourth-order valence-electron chi connectivity index (χ4n) is 1.36. The van der Waals surface area contributed by atoms with Crippen LogP contribution in [0.3, 0.4) is 0 Å². The molecule has 0 aliphatic rings. The number of nitrogens with one attached hydrogen (secondary N) is 1. The first-order valence-electron chi connectivity index (χ1n) is 5.11. The zero-order valence-electron chi connectivity index (χ0n) is 9.46. The van der Waals surface area contributed by atoms with Crippen molar-refractivity contribution in [1.29, 1.82) is 0 Å². The van der Waals surface area contributed by atoms with Gasteiger partial charge in [-0.05, 0) is 40.9 Å². The van der Waals surface area contributed by atoms with Crippen LogP contribution in [0.4, 0.5) is 5.82 Å². The number of aryl methyl sites for hydroxylation is 1. The molecule has 1 rings (SSSR count). The first kappa shape index (κ1) is 13.7. The Bertz CT molecular complexity index is 330. The first-order valence-corrected chi connectivity index (χ1v) is 6.43. The molecule has 1 heterocycles. The molecule has 0 spiro atoms. The van der Waals surface area contributed by atoms with E-state index in [1.54, 1.807) is 13.3 Å². The van der Waals surface area contributed by atoms with Crippen LogP contribution >= 0.6 is 27.5 Å². The van der Waals surface area contributed by atoms with E-state index in [1.165, 1.54) is 0 Å². The number of alkyl halides is 1. The van der Waals surface area contributed by atoms with Crippen LogP contribution in [0, 0.1) is 6.92 Å². The van der Waals surface area contributed by atoms with Gasteiger partial charge in [0.1, 0.15) is 5.82 Å². The van der Waals surface area contributed by atoms with Gasteiger partial charge in [0.15, 0.2) is 0 Å². The lowest BCUT2D eigenvalue weighted by molar-refractivity contribution is 0.184. The van der Waals surface area contributed by atoms with Crippen LogP contribution in [0.1, 0.15) is 12.0 Å². The molecule has 0 radical (unpaired) electrons. The summed E-state index contributed by atoms with van der Waals surface area (Å²) in [4.78, 5) is 4.29. The second-order valence-electron chi connectivity index (χ2n) is 3.59. The number of ether oxygens (including phenoxy) is 1. The molecule has 0 saturated heterocycles. The minimum absolute atomic E-state index is 0.204. The van der Waals surface area contributed by atoms with Gasteiger partial charge >= 0.3 is 0 Å². The highest BCUT2D eigenvalue weighted by Crippen LogP contribution is 2.18. The molecule has 1 atom stereocenters. The zero-order valence-corrected chi connectivity index (χ0v) is 11.8. The number of nitrogens with zero attached hydrogens (tertiary/aromatic N) is 1. The minimum Gasteiger partial charge on any atom is -0.383 e. The molecular formula is C11H16BrClN2O. The van der Waals surface area contributed by atoms with Crippen molar-refractivity contribution in [2.45, 2.75) is 19.4 Å². The van der Waals surface area contributed by atoms with Crippen molar-refractivity contribution in [3.05, 3.63) is 22.3 Å². The molecule has 3 nitrogen and oxygen atoms in total. The predicted octanol–water partition coefficient (Wildman–Crippen LogP) is 3.21. The van der Waals surface area contributed by atoms with Crippen molar-refractivity contribution in [3.8, 4) is 0 Å². The maximum absolute atomic E-state index is 5.73. The fraction of sp³-hybridized carbons (Fsp3) is 0.545. The van der Waals surface area contributed by atoms with Crippen molar-refractivity contribution >= 4 is 33.3 Å². The third-order valence-corrected chi connectivity index (χ3v) is 3.27. The molecule has 0 fully saturated rings. The molecule has 1 aromatic heterocycles. The van der Waals surface area contributed by atoms with Crippen LogP contribution < -0.4 is 5.32 Å². The number of anilines is 1. The normalized spacial score (nSPS) is 12.5. The van der Waals surface area contributed by atoms with Gasteiger partial charge < -0.3 is 10.1 Å². The number of rotatable bonds is 6. The minimum atomic E-state index is 0.204. The number of hydrogen-bond donors (Lipinski definition) is 1. The second-order valence-corrected chi connectivity index (χ2v) is 4.83. The summed E-state index contributed by atoms with van der Waals surface area (Å²) in [6.45, 7) is 2.66. The van der Waals surface area contributed by atoms with Crippen LogP contribution in [-0.4, -0.2) is 30.6 Å². The number of hydrogen-bond acceptors (Lipinski definition) is 3. The van der Waals surface area contributed by atoms with Gasteiger partial charge in [0.2, 0.25) is 0 Å². The molecule has 5 heteroatoms. The van der Waals surface area contributed by atoms with Crippen molar-refractivity contribution in [2.24, 2.45) is 0 Å². The summed E-state index contributed by atoms with van der Waals surface area (Å²) >= 11 is 9.15. The van der Waals surface area contributed by atoms with Crippen LogP contribution in [0.2, 0.25) is 0 Å². The Kier molecular flexibility index (Phi) is 6.09. The van der Waals surface area contributed by atoms with E-state index in [0.29, 0.717) is 12.5 Å². The maximum atomic E-state index is 5.73. The average molecular weight is 308 g/mol. The molecule has 1 aromatic rings. The lowest BCUT2D eigenvalue weighted by atomic mass is 10.2. The number of methoxy groups -OCH3 is 1. The quantitative estimate of drug-likeness (QED) is 0.820. The van der Waals surface area contributed by atoms with E-state index < -0.39 is 0 Å². The molecule has 0 aliphatic heterocycles. The lowest BCUT2D eigenvalue weighted by Crippen LogP contribution is -2.26. The van der Waals surface area contributed by atoms with E-state index in [-0.39, 0.29) is 6.04 Å². The van der Waals surface area contributed by atoms with Crippen molar-refractivity contribution in [2.75, 3.05) is 24.9 Å². The topological polar surface area (TPSA) is 34.1 Å². The van der Waals surface area contributed by atoms with Gasteiger partial charge in [-0.3, -0.25) is 0 Å². The third-order valence-electron chi connectivity index (χ3n) is 2.22. The molecule has 90 valence electrons.